The molecule has 9 heteroatoms. The van der Waals surface area contributed by atoms with Gasteiger partial charge in [-0.1, -0.05) is 26.0 Å². The van der Waals surface area contributed by atoms with Crippen LogP contribution in [0, 0.1) is 16.0 Å². The van der Waals surface area contributed by atoms with Gasteiger partial charge in [0.1, 0.15) is 11.4 Å². The van der Waals surface area contributed by atoms with E-state index in [1.807, 2.05) is 0 Å². The normalized spacial score (nSPS) is 11.4. The van der Waals surface area contributed by atoms with Crippen LogP contribution in [0.15, 0.2) is 52.7 Å². The van der Waals surface area contributed by atoms with E-state index in [4.69, 9.17) is 11.5 Å². The van der Waals surface area contributed by atoms with Crippen molar-refractivity contribution >= 4 is 29.9 Å². The molecule has 9 nitrogen and oxygen atoms in total. The predicted octanol–water partition coefficient (Wildman–Crippen LogP) is 2.50. The lowest BCUT2D eigenvalue weighted by atomic mass is 9.99. The smallest absolute Gasteiger partial charge is 0.328 e. The zero-order chi connectivity index (χ0) is 20.0. The van der Waals surface area contributed by atoms with Crippen molar-refractivity contribution in [2.45, 2.75) is 13.8 Å². The number of allylic oxidation sites excluding steroid dienone is 1. The number of hydrogen-bond acceptors (Lipinski definition) is 5. The number of aromatic nitrogens is 1. The molecular weight excluding hydrogens is 348 g/mol. The predicted molar refractivity (Wildman–Crippen MR) is 105 cm³/mol. The Bertz CT molecular complexity index is 936. The maximum absolute atomic E-state index is 12.6. The van der Waals surface area contributed by atoms with Crippen molar-refractivity contribution in [1.82, 2.24) is 4.57 Å². The summed E-state index contributed by atoms with van der Waals surface area (Å²) in [4.78, 5) is 23.5. The van der Waals surface area contributed by atoms with Gasteiger partial charge in [-0.15, -0.1) is 5.10 Å². The van der Waals surface area contributed by atoms with Gasteiger partial charge in [0.25, 0.3) is 0 Å². The van der Waals surface area contributed by atoms with Crippen LogP contribution >= 0.6 is 0 Å². The van der Waals surface area contributed by atoms with Crippen LogP contribution in [0.1, 0.15) is 29.9 Å². The molecular formula is C18H20N6O3. The number of para-hydroxylation sites is 1. The molecule has 0 spiro atoms. The fraction of sp³-hybridized carbons (Fsp3) is 0.167. The van der Waals surface area contributed by atoms with E-state index in [0.29, 0.717) is 16.9 Å². The molecule has 0 aliphatic rings. The summed E-state index contributed by atoms with van der Waals surface area (Å²) in [7, 11) is 0. The number of nitrogens with zero attached hydrogens (tertiary/aromatic N) is 4. The molecule has 0 radical (unpaired) electrons. The monoisotopic (exact) mass is 368 g/mol. The van der Waals surface area contributed by atoms with Crippen LogP contribution in [0.3, 0.4) is 0 Å². The van der Waals surface area contributed by atoms with E-state index in [-0.39, 0.29) is 23.5 Å². The second-order valence-electron chi connectivity index (χ2n) is 5.89. The van der Waals surface area contributed by atoms with Gasteiger partial charge < -0.3 is 21.6 Å². The van der Waals surface area contributed by atoms with Gasteiger partial charge in [-0.3, -0.25) is 4.79 Å². The largest absolute Gasteiger partial charge is 0.369 e. The molecule has 140 valence electrons. The van der Waals surface area contributed by atoms with Crippen LogP contribution in [0.2, 0.25) is 0 Å². The number of ketones is 1. The van der Waals surface area contributed by atoms with E-state index >= 15 is 0 Å². The number of hydrogen-bond donors (Lipinski definition) is 2. The van der Waals surface area contributed by atoms with Gasteiger partial charge in [-0.05, 0) is 35.3 Å². The summed E-state index contributed by atoms with van der Waals surface area (Å²) >= 11 is 0. The first-order valence-electron chi connectivity index (χ1n) is 8.11. The standard InChI is InChI=1S/C18H20N6O3/c1-12(2)17(25)14-7-3-4-8-15(14)23-13(9-10-16(23)24(26)27)6-5-11-21-22-18(19)20/h3-12H,1-2H3,(H4,19,20,22)/b6-5+,21-11-. The molecule has 0 atom stereocenters. The molecule has 0 aliphatic carbocycles. The molecule has 4 N–H and O–H groups in total. The lowest BCUT2D eigenvalue weighted by Crippen LogP contribution is -2.21. The van der Waals surface area contributed by atoms with Crippen LogP contribution in [0.25, 0.3) is 11.8 Å². The van der Waals surface area contributed by atoms with E-state index in [1.54, 1.807) is 50.3 Å². The molecule has 27 heavy (non-hydrogen) atoms. The summed E-state index contributed by atoms with van der Waals surface area (Å²) in [5.41, 5.74) is 11.7. The number of carbonyl (C=O) groups excluding carboxylic acids is 1. The van der Waals surface area contributed by atoms with Crippen molar-refractivity contribution < 1.29 is 9.72 Å². The van der Waals surface area contributed by atoms with Crippen LogP contribution in [-0.2, 0) is 0 Å². The maximum atomic E-state index is 12.6. The first-order valence-corrected chi connectivity index (χ1v) is 8.11. The van der Waals surface area contributed by atoms with E-state index in [2.05, 4.69) is 10.2 Å². The highest BCUT2D eigenvalue weighted by atomic mass is 16.6. The third-order valence-corrected chi connectivity index (χ3v) is 3.61. The molecule has 0 fully saturated rings. The summed E-state index contributed by atoms with van der Waals surface area (Å²) in [6.45, 7) is 3.56. The first-order chi connectivity index (χ1) is 12.8. The maximum Gasteiger partial charge on any atom is 0.328 e. The van der Waals surface area contributed by atoms with E-state index in [1.165, 1.54) is 22.9 Å². The summed E-state index contributed by atoms with van der Waals surface area (Å²) in [5.74, 6) is -0.677. The molecule has 0 saturated carbocycles. The second kappa shape index (κ2) is 8.56. The highest BCUT2D eigenvalue weighted by molar-refractivity contribution is 6.01. The van der Waals surface area contributed by atoms with E-state index < -0.39 is 4.92 Å². The molecule has 0 unspecified atom stereocenters. The quantitative estimate of drug-likeness (QED) is 0.254. The van der Waals surface area contributed by atoms with Gasteiger partial charge in [0.15, 0.2) is 5.78 Å². The molecule has 1 aromatic heterocycles. The molecule has 2 rings (SSSR count). The third-order valence-electron chi connectivity index (χ3n) is 3.61. The van der Waals surface area contributed by atoms with Crippen LogP contribution < -0.4 is 11.5 Å². The highest BCUT2D eigenvalue weighted by Crippen LogP contribution is 2.27. The topological polar surface area (TPSA) is 142 Å². The average Bonchev–Trinajstić information content (AvgIpc) is 3.04. The fourth-order valence-electron chi connectivity index (χ4n) is 2.44. The lowest BCUT2D eigenvalue weighted by Gasteiger charge is -2.10. The minimum Gasteiger partial charge on any atom is -0.369 e. The molecule has 0 aliphatic heterocycles. The molecule has 0 bridgehead atoms. The molecule has 0 amide bonds. The van der Waals surface area contributed by atoms with Crippen molar-refractivity contribution in [2.75, 3.05) is 0 Å². The lowest BCUT2D eigenvalue weighted by molar-refractivity contribution is -0.390. The molecule has 2 aromatic rings. The van der Waals surface area contributed by atoms with Gasteiger partial charge in [-0.2, -0.15) is 9.67 Å². The Morgan fingerprint density at radius 3 is 2.56 bits per heavy atom. The Hall–Kier alpha value is -3.75. The van der Waals surface area contributed by atoms with Crippen LogP contribution in [0.5, 0.6) is 0 Å². The van der Waals surface area contributed by atoms with E-state index in [0.717, 1.165) is 0 Å². The summed E-state index contributed by atoms with van der Waals surface area (Å²) in [6, 6.07) is 9.75. The number of rotatable bonds is 7. The Morgan fingerprint density at radius 1 is 1.22 bits per heavy atom. The first kappa shape index (κ1) is 19.6. The average molecular weight is 368 g/mol. The Labute approximate surface area is 155 Å². The van der Waals surface area contributed by atoms with Crippen molar-refractivity contribution in [2.24, 2.45) is 27.6 Å². The molecule has 1 heterocycles. The number of nitro groups is 1. The number of Topliss-reactive ketones (excluding diaryl/α,β-unsaturated/α-hetero) is 1. The number of nitrogens with two attached hydrogens (primary N) is 2. The zero-order valence-electron chi connectivity index (χ0n) is 14.9. The number of benzene rings is 1. The minimum atomic E-state index is -0.499. The second-order valence-corrected chi connectivity index (χ2v) is 5.89. The summed E-state index contributed by atoms with van der Waals surface area (Å²) in [6.07, 6.45) is 4.48. The zero-order valence-corrected chi connectivity index (χ0v) is 14.9. The Morgan fingerprint density at radius 2 is 1.93 bits per heavy atom. The Balaban J connectivity index is 2.57. The van der Waals surface area contributed by atoms with Gasteiger partial charge in [0.2, 0.25) is 5.96 Å². The van der Waals surface area contributed by atoms with Crippen LogP contribution in [0.4, 0.5) is 5.82 Å². The SMILES string of the molecule is CC(C)C(=O)c1ccccc1-n1c(/C=C/C=N\N=C(N)N)ccc1[N+](=O)[O-]. The summed E-state index contributed by atoms with van der Waals surface area (Å²) < 4.78 is 1.42. The van der Waals surface area contributed by atoms with E-state index in [9.17, 15) is 14.9 Å². The molecule has 1 aromatic carbocycles. The fourth-order valence-corrected chi connectivity index (χ4v) is 2.44. The third kappa shape index (κ3) is 4.66. The van der Waals surface area contributed by atoms with Gasteiger partial charge in [-0.25, -0.2) is 0 Å². The highest BCUT2D eigenvalue weighted by Gasteiger charge is 2.24. The molecule has 0 saturated heterocycles. The van der Waals surface area contributed by atoms with Crippen molar-refractivity contribution in [3.05, 3.63) is 63.8 Å². The van der Waals surface area contributed by atoms with Crippen LogP contribution in [-0.4, -0.2) is 27.4 Å². The summed E-state index contributed by atoms with van der Waals surface area (Å²) in [5, 5.41) is 18.6. The van der Waals surface area contributed by atoms with Gasteiger partial charge in [0, 0.05) is 18.2 Å². The van der Waals surface area contributed by atoms with Crippen molar-refractivity contribution in [3.8, 4) is 5.69 Å². The number of carbonyl (C=O) groups is 1. The number of guanidine groups is 1. The van der Waals surface area contributed by atoms with Crippen molar-refractivity contribution in [3.63, 3.8) is 0 Å². The minimum absolute atomic E-state index is 0.0992. The Kier molecular flexibility index (Phi) is 6.21. The van der Waals surface area contributed by atoms with Gasteiger partial charge in [0.05, 0.1) is 5.56 Å². The van der Waals surface area contributed by atoms with Gasteiger partial charge >= 0.3 is 5.82 Å². The van der Waals surface area contributed by atoms with Crippen molar-refractivity contribution in [1.29, 1.82) is 0 Å².